The third kappa shape index (κ3) is 6.09. The molecule has 166 valence electrons. The molecule has 3 aromatic heterocycles. The molecule has 3 heterocycles. The van der Waals surface area contributed by atoms with Crippen molar-refractivity contribution in [3.8, 4) is 0 Å². The number of anilines is 2. The van der Waals surface area contributed by atoms with Crippen molar-refractivity contribution in [2.75, 3.05) is 39.2 Å². The molecule has 0 aliphatic carbocycles. The molecule has 1 atom stereocenters. The summed E-state index contributed by atoms with van der Waals surface area (Å²) in [7, 11) is 3.68. The lowest BCUT2D eigenvalue weighted by Gasteiger charge is -2.19. The third-order valence-electron chi connectivity index (χ3n) is 4.46. The summed E-state index contributed by atoms with van der Waals surface area (Å²) in [6, 6.07) is 3.42. The van der Waals surface area contributed by atoms with Gasteiger partial charge in [-0.15, -0.1) is 0 Å². The number of halogens is 1. The quantitative estimate of drug-likeness (QED) is 0.321. The summed E-state index contributed by atoms with van der Waals surface area (Å²) in [4.78, 5) is 27.2. The van der Waals surface area contributed by atoms with Crippen LogP contribution in [0.4, 0.5) is 11.6 Å². The second-order valence-corrected chi connectivity index (χ2v) is 7.70. The molecule has 0 fully saturated rings. The standard InChI is InChI=1S/C20H27ClN8O2/c1-5-31-9-7-13(23-15(30)11-29(3)4)16-17-18(28-27-16)19(26-20(21)25-17)24-14-10-12(2)6-8-22-14/h6,8,10,13H,5,7,9,11H2,1-4H3,(H,23,30)(H,27,28)(H,22,24,25,26). The summed E-state index contributed by atoms with van der Waals surface area (Å²) in [5, 5.41) is 13.6. The number of amides is 1. The zero-order chi connectivity index (χ0) is 22.4. The third-order valence-corrected chi connectivity index (χ3v) is 4.63. The maximum absolute atomic E-state index is 12.4. The summed E-state index contributed by atoms with van der Waals surface area (Å²) >= 11 is 6.21. The van der Waals surface area contributed by atoms with Gasteiger partial charge < -0.3 is 20.3 Å². The fourth-order valence-corrected chi connectivity index (χ4v) is 3.28. The Kier molecular flexibility index (Phi) is 7.72. The van der Waals surface area contributed by atoms with Gasteiger partial charge in [0.15, 0.2) is 11.3 Å². The summed E-state index contributed by atoms with van der Waals surface area (Å²) in [6.45, 7) is 5.23. The lowest BCUT2D eigenvalue weighted by Crippen LogP contribution is -2.36. The molecule has 0 aliphatic heterocycles. The lowest BCUT2D eigenvalue weighted by molar-refractivity contribution is -0.122. The molecule has 10 nitrogen and oxygen atoms in total. The number of ether oxygens (including phenoxy) is 1. The van der Waals surface area contributed by atoms with Gasteiger partial charge in [-0.3, -0.25) is 9.89 Å². The van der Waals surface area contributed by atoms with Crippen molar-refractivity contribution in [2.24, 2.45) is 0 Å². The highest BCUT2D eigenvalue weighted by molar-refractivity contribution is 6.28. The van der Waals surface area contributed by atoms with Crippen molar-refractivity contribution in [3.05, 3.63) is 34.9 Å². The molecule has 0 bridgehead atoms. The highest BCUT2D eigenvalue weighted by atomic mass is 35.5. The van der Waals surface area contributed by atoms with Gasteiger partial charge in [-0.2, -0.15) is 10.1 Å². The summed E-state index contributed by atoms with van der Waals surface area (Å²) in [5.74, 6) is 0.934. The van der Waals surface area contributed by atoms with Gasteiger partial charge in [0.25, 0.3) is 0 Å². The number of likely N-dealkylation sites (N-methyl/N-ethyl adjacent to an activating group) is 1. The normalized spacial score (nSPS) is 12.3. The second kappa shape index (κ2) is 10.5. The SMILES string of the molecule is CCOCCC(NC(=O)CN(C)C)c1[nH]nc2c(Nc3cc(C)ccn3)nc(Cl)nc12. The van der Waals surface area contributed by atoms with E-state index < -0.39 is 0 Å². The first-order valence-corrected chi connectivity index (χ1v) is 10.4. The van der Waals surface area contributed by atoms with Crippen molar-refractivity contribution < 1.29 is 9.53 Å². The van der Waals surface area contributed by atoms with Crippen molar-refractivity contribution in [1.82, 2.24) is 35.4 Å². The van der Waals surface area contributed by atoms with Crippen LogP contribution >= 0.6 is 11.6 Å². The number of nitrogens with one attached hydrogen (secondary N) is 3. The van der Waals surface area contributed by atoms with E-state index in [9.17, 15) is 4.79 Å². The van der Waals surface area contributed by atoms with Crippen LogP contribution in [0.25, 0.3) is 11.0 Å². The molecule has 1 unspecified atom stereocenters. The van der Waals surface area contributed by atoms with Gasteiger partial charge in [-0.05, 0) is 63.7 Å². The molecule has 0 radical (unpaired) electrons. The summed E-state index contributed by atoms with van der Waals surface area (Å²) in [6.07, 6.45) is 2.26. The van der Waals surface area contributed by atoms with E-state index in [1.807, 2.05) is 40.1 Å². The van der Waals surface area contributed by atoms with E-state index >= 15 is 0 Å². The number of fused-ring (bicyclic) bond motifs is 1. The number of H-pyrrole nitrogens is 1. The maximum atomic E-state index is 12.4. The lowest BCUT2D eigenvalue weighted by atomic mass is 10.1. The topological polar surface area (TPSA) is 121 Å². The van der Waals surface area contributed by atoms with Gasteiger partial charge in [0.1, 0.15) is 11.3 Å². The molecular formula is C20H27ClN8O2. The van der Waals surface area contributed by atoms with Crippen LogP contribution in [0, 0.1) is 6.92 Å². The second-order valence-electron chi connectivity index (χ2n) is 7.36. The highest BCUT2D eigenvalue weighted by Gasteiger charge is 2.23. The fraction of sp³-hybridized carbons (Fsp3) is 0.450. The van der Waals surface area contributed by atoms with E-state index in [1.165, 1.54) is 0 Å². The van der Waals surface area contributed by atoms with E-state index in [-0.39, 0.29) is 23.8 Å². The Labute approximate surface area is 185 Å². The Hall–Kier alpha value is -2.82. The molecule has 0 aromatic carbocycles. The Morgan fingerprint density at radius 2 is 2.13 bits per heavy atom. The minimum atomic E-state index is -0.375. The highest BCUT2D eigenvalue weighted by Crippen LogP contribution is 2.29. The van der Waals surface area contributed by atoms with Crippen molar-refractivity contribution >= 4 is 40.2 Å². The number of rotatable bonds is 10. The predicted molar refractivity (Wildman–Crippen MR) is 119 cm³/mol. The molecule has 0 saturated carbocycles. The van der Waals surface area contributed by atoms with Crippen molar-refractivity contribution in [3.63, 3.8) is 0 Å². The molecule has 3 aromatic rings. The predicted octanol–water partition coefficient (Wildman–Crippen LogP) is 2.60. The largest absolute Gasteiger partial charge is 0.382 e. The molecule has 3 rings (SSSR count). The Morgan fingerprint density at radius 3 is 2.84 bits per heavy atom. The van der Waals surface area contributed by atoms with Gasteiger partial charge in [0, 0.05) is 19.4 Å². The van der Waals surface area contributed by atoms with E-state index in [1.54, 1.807) is 11.1 Å². The van der Waals surface area contributed by atoms with Crippen molar-refractivity contribution in [1.29, 1.82) is 0 Å². The number of aromatic amines is 1. The molecule has 1 amide bonds. The van der Waals surface area contributed by atoms with Gasteiger partial charge in [0.2, 0.25) is 11.2 Å². The van der Waals surface area contributed by atoms with Gasteiger partial charge in [-0.1, -0.05) is 0 Å². The number of carbonyl (C=O) groups excluding carboxylic acids is 1. The minimum Gasteiger partial charge on any atom is -0.382 e. The van der Waals surface area contributed by atoms with Crippen LogP contribution in [0.1, 0.15) is 30.6 Å². The average molecular weight is 447 g/mol. The monoisotopic (exact) mass is 446 g/mol. The number of aromatic nitrogens is 5. The number of hydrogen-bond acceptors (Lipinski definition) is 8. The van der Waals surface area contributed by atoms with Crippen LogP contribution in [0.2, 0.25) is 5.28 Å². The Balaban J connectivity index is 1.95. The van der Waals surface area contributed by atoms with Crippen LogP contribution in [-0.2, 0) is 9.53 Å². The van der Waals surface area contributed by atoms with Gasteiger partial charge in [0.05, 0.1) is 18.3 Å². The molecule has 3 N–H and O–H groups in total. The first-order chi connectivity index (χ1) is 14.9. The Morgan fingerprint density at radius 1 is 1.32 bits per heavy atom. The maximum Gasteiger partial charge on any atom is 0.234 e. The first kappa shape index (κ1) is 22.9. The van der Waals surface area contributed by atoms with E-state index in [0.29, 0.717) is 48.0 Å². The smallest absolute Gasteiger partial charge is 0.234 e. The minimum absolute atomic E-state index is 0.0634. The van der Waals surface area contributed by atoms with Crippen molar-refractivity contribution in [2.45, 2.75) is 26.3 Å². The van der Waals surface area contributed by atoms with Crippen LogP contribution in [-0.4, -0.2) is 69.8 Å². The van der Waals surface area contributed by atoms with E-state index in [0.717, 1.165) is 5.56 Å². The van der Waals surface area contributed by atoms with Gasteiger partial charge in [-0.25, -0.2) is 9.97 Å². The average Bonchev–Trinajstić information content (AvgIpc) is 3.10. The first-order valence-electron chi connectivity index (χ1n) is 10.0. The Bertz CT molecular complexity index is 1040. The van der Waals surface area contributed by atoms with Gasteiger partial charge >= 0.3 is 0 Å². The summed E-state index contributed by atoms with van der Waals surface area (Å²) in [5.41, 5.74) is 2.73. The van der Waals surface area contributed by atoms with E-state index in [4.69, 9.17) is 16.3 Å². The fourth-order valence-electron chi connectivity index (χ4n) is 3.11. The molecule has 0 spiro atoms. The van der Waals surface area contributed by atoms with Crippen LogP contribution in [0.5, 0.6) is 0 Å². The number of nitrogens with zero attached hydrogens (tertiary/aromatic N) is 5. The molecule has 0 aliphatic rings. The zero-order valence-electron chi connectivity index (χ0n) is 18.1. The number of carbonyl (C=O) groups is 1. The summed E-state index contributed by atoms with van der Waals surface area (Å²) < 4.78 is 5.50. The number of hydrogen-bond donors (Lipinski definition) is 3. The van der Waals surface area contributed by atoms with Crippen LogP contribution in [0.15, 0.2) is 18.3 Å². The molecular weight excluding hydrogens is 420 g/mol. The zero-order valence-corrected chi connectivity index (χ0v) is 18.8. The van der Waals surface area contributed by atoms with E-state index in [2.05, 4.69) is 35.8 Å². The number of pyridine rings is 1. The van der Waals surface area contributed by atoms with Crippen LogP contribution < -0.4 is 10.6 Å². The molecule has 0 saturated heterocycles. The van der Waals surface area contributed by atoms with Crippen LogP contribution in [0.3, 0.4) is 0 Å². The molecule has 31 heavy (non-hydrogen) atoms. The molecule has 11 heteroatoms. The number of aryl methyl sites for hydroxylation is 1.